The average Bonchev–Trinajstić information content (AvgIpc) is 2.40. The van der Waals surface area contributed by atoms with E-state index >= 15 is 0 Å². The predicted octanol–water partition coefficient (Wildman–Crippen LogP) is 2.35. The van der Waals surface area contributed by atoms with E-state index in [2.05, 4.69) is 10.3 Å². The molecule has 0 atom stereocenters. The third-order valence-corrected chi connectivity index (χ3v) is 2.60. The molecule has 1 heterocycles. The van der Waals surface area contributed by atoms with Crippen LogP contribution in [0.2, 0.25) is 0 Å². The van der Waals surface area contributed by atoms with Gasteiger partial charge in [0.1, 0.15) is 11.6 Å². The molecule has 0 saturated carbocycles. The zero-order valence-electron chi connectivity index (χ0n) is 10.0. The lowest BCUT2D eigenvalue weighted by Gasteiger charge is -2.08. The highest BCUT2D eigenvalue weighted by Gasteiger charge is 2.09. The minimum absolute atomic E-state index is 0.122. The summed E-state index contributed by atoms with van der Waals surface area (Å²) in [5.74, 6) is 0. The quantitative estimate of drug-likeness (QED) is 0.863. The second kappa shape index (κ2) is 5.19. The van der Waals surface area contributed by atoms with E-state index in [1.165, 1.54) is 0 Å². The monoisotopic (exact) mass is 239 g/mol. The van der Waals surface area contributed by atoms with Crippen LogP contribution < -0.4 is 10.9 Å². The van der Waals surface area contributed by atoms with Crippen molar-refractivity contribution in [2.24, 2.45) is 0 Å². The fraction of sp³-hybridized carbons (Fsp3) is 0.143. The van der Waals surface area contributed by atoms with Gasteiger partial charge in [-0.15, -0.1) is 0 Å². The van der Waals surface area contributed by atoms with Gasteiger partial charge >= 0.3 is 0 Å². The van der Waals surface area contributed by atoms with Crippen molar-refractivity contribution in [1.82, 2.24) is 4.98 Å². The molecule has 0 aliphatic rings. The molecule has 0 saturated heterocycles. The van der Waals surface area contributed by atoms with Crippen LogP contribution in [0.25, 0.3) is 11.3 Å². The Morgan fingerprint density at radius 1 is 1.33 bits per heavy atom. The molecule has 4 heteroatoms. The van der Waals surface area contributed by atoms with Crippen LogP contribution >= 0.6 is 0 Å². The van der Waals surface area contributed by atoms with Crippen LogP contribution in [0.4, 0.5) is 5.69 Å². The Hall–Kier alpha value is -2.54. The van der Waals surface area contributed by atoms with Gasteiger partial charge in [-0.2, -0.15) is 5.26 Å². The van der Waals surface area contributed by atoms with Crippen molar-refractivity contribution in [3.8, 4) is 17.3 Å². The Labute approximate surface area is 105 Å². The summed E-state index contributed by atoms with van der Waals surface area (Å²) in [6.45, 7) is 2.58. The first-order valence-electron chi connectivity index (χ1n) is 5.73. The number of rotatable bonds is 3. The molecule has 90 valence electrons. The van der Waals surface area contributed by atoms with Gasteiger partial charge in [0.25, 0.3) is 5.56 Å². The van der Waals surface area contributed by atoms with Crippen LogP contribution in [0, 0.1) is 11.3 Å². The lowest BCUT2D eigenvalue weighted by Crippen LogP contribution is -2.14. The average molecular weight is 239 g/mol. The standard InChI is InChI=1S/C14H13N3O/c1-2-16-13-8-12(10-6-4-3-5-7-10)17-14(18)11(13)9-15/h3-8H,2H2,1H3,(H2,16,17,18). The number of anilines is 1. The molecular weight excluding hydrogens is 226 g/mol. The molecule has 0 unspecified atom stereocenters. The van der Waals surface area contributed by atoms with Crippen LogP contribution in [0.1, 0.15) is 12.5 Å². The summed E-state index contributed by atoms with van der Waals surface area (Å²) >= 11 is 0. The van der Waals surface area contributed by atoms with Crippen molar-refractivity contribution in [3.63, 3.8) is 0 Å². The van der Waals surface area contributed by atoms with Gasteiger partial charge in [0.2, 0.25) is 0 Å². The van der Waals surface area contributed by atoms with Gasteiger partial charge in [0.05, 0.1) is 11.4 Å². The summed E-state index contributed by atoms with van der Waals surface area (Å²) in [5.41, 5.74) is 1.95. The molecule has 4 nitrogen and oxygen atoms in total. The highest BCUT2D eigenvalue weighted by atomic mass is 16.1. The fourth-order valence-electron chi connectivity index (χ4n) is 1.77. The molecule has 0 amide bonds. The number of aromatic nitrogens is 1. The Bertz CT molecular complexity index is 638. The molecule has 0 aliphatic heterocycles. The molecule has 0 fully saturated rings. The van der Waals surface area contributed by atoms with E-state index in [1.807, 2.05) is 43.3 Å². The van der Waals surface area contributed by atoms with Gasteiger partial charge in [-0.25, -0.2) is 0 Å². The smallest absolute Gasteiger partial charge is 0.268 e. The normalized spacial score (nSPS) is 9.78. The van der Waals surface area contributed by atoms with Gasteiger partial charge < -0.3 is 10.3 Å². The zero-order chi connectivity index (χ0) is 13.0. The predicted molar refractivity (Wildman–Crippen MR) is 71.4 cm³/mol. The minimum atomic E-state index is -0.366. The van der Waals surface area contributed by atoms with Crippen molar-refractivity contribution < 1.29 is 0 Å². The SMILES string of the molecule is CCNc1cc(-c2ccccc2)[nH]c(=O)c1C#N. The van der Waals surface area contributed by atoms with Crippen LogP contribution in [0.5, 0.6) is 0 Å². The molecule has 2 N–H and O–H groups in total. The second-order valence-electron chi connectivity index (χ2n) is 3.81. The van der Waals surface area contributed by atoms with Crippen LogP contribution in [0.3, 0.4) is 0 Å². The molecule has 0 aliphatic carbocycles. The largest absolute Gasteiger partial charge is 0.384 e. The first-order valence-corrected chi connectivity index (χ1v) is 5.73. The van der Waals surface area contributed by atoms with Crippen LogP contribution in [-0.4, -0.2) is 11.5 Å². The molecule has 1 aromatic carbocycles. The number of aromatic amines is 1. The molecular formula is C14H13N3O. The topological polar surface area (TPSA) is 68.7 Å². The van der Waals surface area contributed by atoms with E-state index in [0.29, 0.717) is 17.9 Å². The first kappa shape index (κ1) is 11.9. The van der Waals surface area contributed by atoms with Gasteiger partial charge in [0, 0.05) is 6.54 Å². The van der Waals surface area contributed by atoms with E-state index in [4.69, 9.17) is 5.26 Å². The molecule has 2 rings (SSSR count). The van der Waals surface area contributed by atoms with Crippen molar-refractivity contribution in [3.05, 3.63) is 52.3 Å². The Kier molecular flexibility index (Phi) is 3.44. The van der Waals surface area contributed by atoms with Crippen molar-refractivity contribution in [1.29, 1.82) is 5.26 Å². The maximum atomic E-state index is 11.8. The highest BCUT2D eigenvalue weighted by Crippen LogP contribution is 2.20. The van der Waals surface area contributed by atoms with Crippen LogP contribution in [0.15, 0.2) is 41.2 Å². The first-order chi connectivity index (χ1) is 8.76. The molecule has 0 radical (unpaired) electrons. The maximum Gasteiger partial charge on any atom is 0.268 e. The fourth-order valence-corrected chi connectivity index (χ4v) is 1.77. The zero-order valence-corrected chi connectivity index (χ0v) is 10.0. The third kappa shape index (κ3) is 2.25. The summed E-state index contributed by atoms with van der Waals surface area (Å²) in [6, 6.07) is 13.2. The van der Waals surface area contributed by atoms with Gasteiger partial charge in [-0.05, 0) is 18.6 Å². The number of H-pyrrole nitrogens is 1. The molecule has 0 bridgehead atoms. The molecule has 1 aromatic heterocycles. The maximum absolute atomic E-state index is 11.8. The van der Waals surface area contributed by atoms with Gasteiger partial charge in [-0.1, -0.05) is 30.3 Å². The number of nitrogens with zero attached hydrogens (tertiary/aromatic N) is 1. The molecule has 0 spiro atoms. The van der Waals surface area contributed by atoms with E-state index in [0.717, 1.165) is 5.56 Å². The number of nitrogens with one attached hydrogen (secondary N) is 2. The number of nitriles is 1. The molecule has 18 heavy (non-hydrogen) atoms. The summed E-state index contributed by atoms with van der Waals surface area (Å²) in [7, 11) is 0. The third-order valence-electron chi connectivity index (χ3n) is 2.60. The summed E-state index contributed by atoms with van der Waals surface area (Å²) in [6.07, 6.45) is 0. The number of benzene rings is 1. The van der Waals surface area contributed by atoms with E-state index < -0.39 is 0 Å². The Morgan fingerprint density at radius 3 is 2.67 bits per heavy atom. The van der Waals surface area contributed by atoms with Crippen molar-refractivity contribution >= 4 is 5.69 Å². The van der Waals surface area contributed by atoms with E-state index in [1.54, 1.807) is 6.07 Å². The lowest BCUT2D eigenvalue weighted by molar-refractivity contribution is 1.16. The number of hydrogen-bond donors (Lipinski definition) is 2. The molecule has 2 aromatic rings. The number of pyridine rings is 1. The Balaban J connectivity index is 2.59. The Morgan fingerprint density at radius 2 is 2.06 bits per heavy atom. The minimum Gasteiger partial charge on any atom is -0.384 e. The summed E-state index contributed by atoms with van der Waals surface area (Å²) in [4.78, 5) is 14.5. The highest BCUT2D eigenvalue weighted by molar-refractivity contribution is 5.67. The van der Waals surface area contributed by atoms with Gasteiger partial charge in [0.15, 0.2) is 0 Å². The lowest BCUT2D eigenvalue weighted by atomic mass is 10.1. The van der Waals surface area contributed by atoms with Crippen molar-refractivity contribution in [2.75, 3.05) is 11.9 Å². The van der Waals surface area contributed by atoms with Crippen LogP contribution in [-0.2, 0) is 0 Å². The summed E-state index contributed by atoms with van der Waals surface area (Å²) < 4.78 is 0. The second-order valence-corrected chi connectivity index (χ2v) is 3.81. The van der Waals surface area contributed by atoms with Gasteiger partial charge in [-0.3, -0.25) is 4.79 Å². The number of hydrogen-bond acceptors (Lipinski definition) is 3. The summed E-state index contributed by atoms with van der Waals surface area (Å²) in [5, 5.41) is 12.0. The van der Waals surface area contributed by atoms with Crippen molar-refractivity contribution in [2.45, 2.75) is 6.92 Å². The van der Waals surface area contributed by atoms with E-state index in [-0.39, 0.29) is 11.1 Å². The van der Waals surface area contributed by atoms with E-state index in [9.17, 15) is 4.79 Å².